The van der Waals surface area contributed by atoms with E-state index in [1.54, 1.807) is 0 Å². The maximum atomic E-state index is 12.9. The molecule has 1 atom stereocenters. The van der Waals surface area contributed by atoms with Crippen LogP contribution in [0.15, 0.2) is 97.2 Å². The summed E-state index contributed by atoms with van der Waals surface area (Å²) in [5, 5.41) is 0. The Bertz CT molecular complexity index is 1460. The van der Waals surface area contributed by atoms with E-state index in [-0.39, 0.29) is 31.1 Å². The van der Waals surface area contributed by atoms with Gasteiger partial charge in [0.25, 0.3) is 0 Å². The van der Waals surface area contributed by atoms with Gasteiger partial charge in [-0.3, -0.25) is 14.4 Å². The molecule has 0 bridgehead atoms. The fraction of sp³-hybridized carbons (Fsp3) is 0.721. The lowest BCUT2D eigenvalue weighted by molar-refractivity contribution is -0.167. The van der Waals surface area contributed by atoms with Gasteiger partial charge in [-0.1, -0.05) is 253 Å². The highest BCUT2D eigenvalue weighted by Gasteiger charge is 2.19. The van der Waals surface area contributed by atoms with Crippen molar-refractivity contribution < 1.29 is 28.6 Å². The quantitative estimate of drug-likeness (QED) is 0.0261. The van der Waals surface area contributed by atoms with Gasteiger partial charge >= 0.3 is 17.9 Å². The first-order valence-corrected chi connectivity index (χ1v) is 31.2. The van der Waals surface area contributed by atoms with Crippen molar-refractivity contribution in [3.05, 3.63) is 97.2 Å². The summed E-state index contributed by atoms with van der Waals surface area (Å²) in [4.78, 5) is 38.3. The number of ether oxygens (including phenoxy) is 3. The molecule has 74 heavy (non-hydrogen) atoms. The van der Waals surface area contributed by atoms with Crippen molar-refractivity contribution in [3.8, 4) is 0 Å². The topological polar surface area (TPSA) is 78.9 Å². The lowest BCUT2D eigenvalue weighted by Crippen LogP contribution is -2.30. The first-order valence-electron chi connectivity index (χ1n) is 31.2. The molecule has 0 heterocycles. The van der Waals surface area contributed by atoms with Crippen LogP contribution in [0.2, 0.25) is 0 Å². The molecule has 1 unspecified atom stereocenters. The number of carbonyl (C=O) groups is 3. The Kier molecular flexibility index (Phi) is 58.8. The molecular weight excluding hydrogens is 913 g/mol. The monoisotopic (exact) mass is 1030 g/mol. The molecule has 0 aliphatic rings. The fourth-order valence-electron chi connectivity index (χ4n) is 8.61. The van der Waals surface area contributed by atoms with Crippen LogP contribution < -0.4 is 0 Å². The van der Waals surface area contributed by atoms with Crippen LogP contribution in [0.1, 0.15) is 297 Å². The average molecular weight is 1030 g/mol. The van der Waals surface area contributed by atoms with Crippen LogP contribution in [0.4, 0.5) is 0 Å². The largest absolute Gasteiger partial charge is 0.462 e. The van der Waals surface area contributed by atoms with Crippen molar-refractivity contribution in [2.75, 3.05) is 13.2 Å². The Morgan fingerprint density at radius 2 is 0.527 bits per heavy atom. The third kappa shape index (κ3) is 59.2. The average Bonchev–Trinajstić information content (AvgIpc) is 3.40. The molecule has 0 radical (unpaired) electrons. The van der Waals surface area contributed by atoms with Gasteiger partial charge in [-0.15, -0.1) is 0 Å². The summed E-state index contributed by atoms with van der Waals surface area (Å²) < 4.78 is 16.9. The van der Waals surface area contributed by atoms with E-state index in [4.69, 9.17) is 14.2 Å². The van der Waals surface area contributed by atoms with Crippen molar-refractivity contribution in [3.63, 3.8) is 0 Å². The van der Waals surface area contributed by atoms with Crippen LogP contribution >= 0.6 is 0 Å². The van der Waals surface area contributed by atoms with Gasteiger partial charge in [0.2, 0.25) is 0 Å². The molecule has 0 amide bonds. The van der Waals surface area contributed by atoms with Gasteiger partial charge in [0.05, 0.1) is 0 Å². The molecule has 0 spiro atoms. The highest BCUT2D eigenvalue weighted by Crippen LogP contribution is 2.15. The Labute approximate surface area is 457 Å². The molecular formula is C68H116O6. The van der Waals surface area contributed by atoms with Crippen LogP contribution in [-0.4, -0.2) is 37.2 Å². The highest BCUT2D eigenvalue weighted by atomic mass is 16.6. The molecule has 0 aromatic carbocycles. The number of allylic oxidation sites excluding steroid dienone is 16. The maximum Gasteiger partial charge on any atom is 0.306 e. The summed E-state index contributed by atoms with van der Waals surface area (Å²) >= 11 is 0. The van der Waals surface area contributed by atoms with E-state index < -0.39 is 6.10 Å². The van der Waals surface area contributed by atoms with Crippen molar-refractivity contribution in [2.24, 2.45) is 0 Å². The van der Waals surface area contributed by atoms with Crippen molar-refractivity contribution in [1.82, 2.24) is 0 Å². The van der Waals surface area contributed by atoms with Gasteiger partial charge < -0.3 is 14.2 Å². The normalized spacial score (nSPS) is 12.7. The number of rotatable bonds is 56. The zero-order valence-corrected chi connectivity index (χ0v) is 48.6. The number of carbonyl (C=O) groups excluding carboxylic acids is 3. The maximum absolute atomic E-state index is 12.9. The minimum Gasteiger partial charge on any atom is -0.462 e. The summed E-state index contributed by atoms with van der Waals surface area (Å²) in [6, 6.07) is 0. The standard InChI is InChI=1S/C68H116O6/c1-4-7-10-13-16-19-22-25-28-30-31-32-33-34-35-36-37-39-40-43-46-49-52-55-58-61-67(70)73-64-65(63-72-66(69)60-57-54-51-48-45-42-27-24-21-18-15-12-9-6-3)74-68(71)62-59-56-53-50-47-44-41-38-29-26-23-20-17-14-11-8-5-2/h8,11,17,20,22,24-27,29-31,33-34,41,44,65H,4-7,9-10,12-16,18-19,21,23,28,32,35-40,42-43,45-64H2,1-3H3/b11-8-,20-17-,25-22-,27-24-,29-26-,31-30-,34-33-,44-41-. The zero-order valence-electron chi connectivity index (χ0n) is 48.6. The van der Waals surface area contributed by atoms with Crippen LogP contribution in [0, 0.1) is 0 Å². The van der Waals surface area contributed by atoms with Gasteiger partial charge in [-0.25, -0.2) is 0 Å². The fourth-order valence-corrected chi connectivity index (χ4v) is 8.61. The van der Waals surface area contributed by atoms with Gasteiger partial charge in [0.15, 0.2) is 6.10 Å². The molecule has 0 aromatic rings. The van der Waals surface area contributed by atoms with Crippen molar-refractivity contribution >= 4 is 17.9 Å². The lowest BCUT2D eigenvalue weighted by atomic mass is 10.1. The van der Waals surface area contributed by atoms with E-state index in [1.165, 1.54) is 141 Å². The summed E-state index contributed by atoms with van der Waals surface area (Å²) in [7, 11) is 0. The molecule has 6 nitrogen and oxygen atoms in total. The lowest BCUT2D eigenvalue weighted by Gasteiger charge is -2.18. The second-order valence-electron chi connectivity index (χ2n) is 20.6. The van der Waals surface area contributed by atoms with Crippen LogP contribution in [0.25, 0.3) is 0 Å². The predicted octanol–water partition coefficient (Wildman–Crippen LogP) is 21.3. The first kappa shape index (κ1) is 70.3. The van der Waals surface area contributed by atoms with Crippen LogP contribution in [0.3, 0.4) is 0 Å². The van der Waals surface area contributed by atoms with Gasteiger partial charge in [0.1, 0.15) is 13.2 Å². The Morgan fingerprint density at radius 1 is 0.284 bits per heavy atom. The number of unbranched alkanes of at least 4 members (excludes halogenated alkanes) is 29. The number of hydrogen-bond acceptors (Lipinski definition) is 6. The zero-order chi connectivity index (χ0) is 53.6. The Balaban J connectivity index is 4.37. The van der Waals surface area contributed by atoms with E-state index in [0.717, 1.165) is 116 Å². The third-order valence-electron chi connectivity index (χ3n) is 13.3. The molecule has 0 rings (SSSR count). The Morgan fingerprint density at radius 3 is 0.838 bits per heavy atom. The van der Waals surface area contributed by atoms with Crippen molar-refractivity contribution in [1.29, 1.82) is 0 Å². The van der Waals surface area contributed by atoms with Crippen LogP contribution in [0.5, 0.6) is 0 Å². The predicted molar refractivity (Wildman–Crippen MR) is 320 cm³/mol. The first-order chi connectivity index (χ1) is 36.5. The van der Waals surface area contributed by atoms with E-state index >= 15 is 0 Å². The highest BCUT2D eigenvalue weighted by molar-refractivity contribution is 5.71. The summed E-state index contributed by atoms with van der Waals surface area (Å²) in [5.41, 5.74) is 0. The van der Waals surface area contributed by atoms with Gasteiger partial charge in [0, 0.05) is 19.3 Å². The molecule has 424 valence electrons. The minimum atomic E-state index is -0.797. The van der Waals surface area contributed by atoms with Crippen LogP contribution in [-0.2, 0) is 28.6 Å². The second-order valence-corrected chi connectivity index (χ2v) is 20.6. The molecule has 0 N–H and O–H groups in total. The molecule has 0 fully saturated rings. The number of hydrogen-bond donors (Lipinski definition) is 0. The molecule has 0 aromatic heterocycles. The molecule has 0 saturated carbocycles. The third-order valence-corrected chi connectivity index (χ3v) is 13.3. The van der Waals surface area contributed by atoms with E-state index in [2.05, 4.69) is 118 Å². The van der Waals surface area contributed by atoms with Crippen molar-refractivity contribution in [2.45, 2.75) is 303 Å². The second kappa shape index (κ2) is 61.9. The Hall–Kier alpha value is -3.67. The molecule has 0 aliphatic carbocycles. The van der Waals surface area contributed by atoms with Gasteiger partial charge in [-0.2, -0.15) is 0 Å². The summed E-state index contributed by atoms with van der Waals surface area (Å²) in [6.45, 7) is 6.49. The summed E-state index contributed by atoms with van der Waals surface area (Å²) in [5.74, 6) is -0.922. The van der Waals surface area contributed by atoms with E-state index in [9.17, 15) is 14.4 Å². The number of esters is 3. The van der Waals surface area contributed by atoms with E-state index in [1.807, 2.05) is 0 Å². The van der Waals surface area contributed by atoms with E-state index in [0.29, 0.717) is 19.3 Å². The summed E-state index contributed by atoms with van der Waals surface area (Å²) in [6.07, 6.45) is 82.6. The minimum absolute atomic E-state index is 0.0922. The SMILES string of the molecule is CC/C=C\C/C=C\C/C=C\C/C=C\CCCCCCC(=O)OC(COC(=O)CCCCCCC/C=C\CCCCCCC)COC(=O)CCCCCCCCCCCC/C=C\C/C=C\C/C=C\CCCCCCC. The molecule has 0 aliphatic heterocycles. The molecule has 6 heteroatoms. The van der Waals surface area contributed by atoms with Gasteiger partial charge in [-0.05, 0) is 122 Å². The smallest absolute Gasteiger partial charge is 0.306 e. The molecule has 0 saturated heterocycles.